The van der Waals surface area contributed by atoms with Crippen LogP contribution in [-0.2, 0) is 4.79 Å². The van der Waals surface area contributed by atoms with Crippen molar-refractivity contribution in [2.24, 2.45) is 15.9 Å². The summed E-state index contributed by atoms with van der Waals surface area (Å²) in [6.07, 6.45) is 4.39. The summed E-state index contributed by atoms with van der Waals surface area (Å²) in [5.74, 6) is 0.0242. The Hall–Kier alpha value is -1.03. The maximum Gasteiger partial charge on any atom is 0.132 e. The van der Waals surface area contributed by atoms with Gasteiger partial charge in [0.1, 0.15) is 5.91 Å². The van der Waals surface area contributed by atoms with Crippen molar-refractivity contribution in [2.75, 3.05) is 7.05 Å². The number of piperidine rings is 1. The van der Waals surface area contributed by atoms with Crippen molar-refractivity contribution in [3.63, 3.8) is 0 Å². The van der Waals surface area contributed by atoms with Crippen LogP contribution >= 0.6 is 0 Å². The fourth-order valence-electron chi connectivity index (χ4n) is 3.22. The Kier molecular flexibility index (Phi) is 2.73. The van der Waals surface area contributed by atoms with E-state index in [9.17, 15) is 4.79 Å². The fraction of sp³-hybridized carbons (Fsp3) is 0.769. The first-order valence-corrected chi connectivity index (χ1v) is 6.16. The van der Waals surface area contributed by atoms with E-state index in [-0.39, 0.29) is 22.9 Å². The van der Waals surface area contributed by atoms with Crippen LogP contribution in [0.25, 0.3) is 0 Å². The van der Waals surface area contributed by atoms with Crippen LogP contribution in [-0.4, -0.2) is 36.1 Å². The zero-order chi connectivity index (χ0) is 12.8. The van der Waals surface area contributed by atoms with Gasteiger partial charge in [0, 0.05) is 6.34 Å². The molecule has 0 aromatic carbocycles. The van der Waals surface area contributed by atoms with E-state index < -0.39 is 0 Å². The van der Waals surface area contributed by atoms with Crippen molar-refractivity contribution in [1.29, 1.82) is 0 Å². The number of aliphatic imine (C=N–C) groups is 2. The third-order valence-electron chi connectivity index (χ3n) is 4.47. The average molecular weight is 235 g/mol. The number of likely N-dealkylation sites (tertiary alicyclic amines) is 1. The molecule has 2 aliphatic rings. The summed E-state index contributed by atoms with van der Waals surface area (Å²) in [4.78, 5) is 20.8. The molecule has 94 valence electrons. The Balaban J connectivity index is 2.25. The summed E-state index contributed by atoms with van der Waals surface area (Å²) in [6.45, 7) is 9.00. The largest absolute Gasteiger partial charge is 0.377 e. The predicted molar refractivity (Wildman–Crippen MR) is 67.6 cm³/mol. The highest BCUT2D eigenvalue weighted by molar-refractivity contribution is 6.44. The lowest BCUT2D eigenvalue weighted by Gasteiger charge is -2.51. The molecule has 0 radical (unpaired) electrons. The average Bonchev–Trinajstić information content (AvgIpc) is 2.60. The van der Waals surface area contributed by atoms with E-state index in [1.165, 1.54) is 4.90 Å². The summed E-state index contributed by atoms with van der Waals surface area (Å²) < 4.78 is 0. The molecule has 0 atom stereocenters. The lowest BCUT2D eigenvalue weighted by Crippen LogP contribution is -3.24. The van der Waals surface area contributed by atoms with Crippen molar-refractivity contribution >= 4 is 18.0 Å². The fourth-order valence-corrected chi connectivity index (χ4v) is 3.22. The molecule has 1 fully saturated rings. The highest BCUT2D eigenvalue weighted by Gasteiger charge is 2.47. The topological polar surface area (TPSA) is 46.2 Å². The van der Waals surface area contributed by atoms with Gasteiger partial charge in [-0.1, -0.05) is 0 Å². The first-order valence-electron chi connectivity index (χ1n) is 6.16. The van der Waals surface area contributed by atoms with Gasteiger partial charge < -0.3 is 19.7 Å². The Morgan fingerprint density at radius 3 is 2.18 bits per heavy atom. The Bertz CT molecular complexity index is 389. The third kappa shape index (κ3) is 2.06. The smallest absolute Gasteiger partial charge is 0.132 e. The van der Waals surface area contributed by atoms with Crippen LogP contribution in [0.15, 0.2) is 9.98 Å². The summed E-state index contributed by atoms with van der Waals surface area (Å²) in [5.41, 5.74) is 0.911. The van der Waals surface area contributed by atoms with E-state index in [2.05, 4.69) is 51.1 Å². The molecule has 4 heteroatoms. The van der Waals surface area contributed by atoms with E-state index in [1.807, 2.05) is 0 Å². The molecule has 1 N–H and O–H groups in total. The van der Waals surface area contributed by atoms with Gasteiger partial charge in [0.2, 0.25) is 0 Å². The van der Waals surface area contributed by atoms with Crippen molar-refractivity contribution in [1.82, 2.24) is 0 Å². The van der Waals surface area contributed by atoms with E-state index in [4.69, 9.17) is 0 Å². The summed E-state index contributed by atoms with van der Waals surface area (Å²) in [7, 11) is 2.23. The van der Waals surface area contributed by atoms with Crippen LogP contribution in [0.4, 0.5) is 0 Å². The molecule has 4 nitrogen and oxygen atoms in total. The minimum Gasteiger partial charge on any atom is -0.377 e. The second kappa shape index (κ2) is 3.73. The highest BCUT2D eigenvalue weighted by Crippen LogP contribution is 2.30. The molecule has 1 amide bonds. The number of nitrogens with zero attached hydrogens (tertiary/aromatic N) is 2. The highest BCUT2D eigenvalue weighted by atomic mass is 16.1. The summed E-state index contributed by atoms with van der Waals surface area (Å²) in [5, 5.41) is 0. The predicted octanol–water partition coefficient (Wildman–Crippen LogP) is 0.355. The van der Waals surface area contributed by atoms with Crippen molar-refractivity contribution < 1.29 is 9.69 Å². The number of quaternary nitrogens is 1. The maximum absolute atomic E-state index is 11.6. The summed E-state index contributed by atoms with van der Waals surface area (Å²) in [6, 6.07) is 0. The molecule has 17 heavy (non-hydrogen) atoms. The molecule has 0 aliphatic carbocycles. The van der Waals surface area contributed by atoms with E-state index in [0.717, 1.165) is 12.8 Å². The van der Waals surface area contributed by atoms with Gasteiger partial charge in [-0.3, -0.25) is 0 Å². The molecule has 2 heterocycles. The maximum atomic E-state index is 11.6. The first kappa shape index (κ1) is 12.4. The number of hydrogen-bond acceptors (Lipinski definition) is 2. The van der Waals surface area contributed by atoms with E-state index >= 15 is 0 Å². The van der Waals surface area contributed by atoms with E-state index in [1.54, 1.807) is 0 Å². The number of amides is 1. The molecule has 0 saturated carbocycles. The normalized spacial score (nSPS) is 34.9. The Morgan fingerprint density at radius 1 is 1.24 bits per heavy atom. The molecular formula is C13H21N3O. The van der Waals surface area contributed by atoms with Crippen LogP contribution in [0.5, 0.6) is 0 Å². The molecular weight excluding hydrogens is 214 g/mol. The van der Waals surface area contributed by atoms with Crippen LogP contribution < -0.4 is 4.90 Å². The zero-order valence-corrected chi connectivity index (χ0v) is 11.3. The van der Waals surface area contributed by atoms with Gasteiger partial charge in [0.25, 0.3) is 0 Å². The minimum atomic E-state index is -0.193. The molecule has 0 aromatic heterocycles. The zero-order valence-electron chi connectivity index (χ0n) is 11.3. The molecule has 1 saturated heterocycles. The van der Waals surface area contributed by atoms with E-state index in [0.29, 0.717) is 5.71 Å². The second-order valence-electron chi connectivity index (χ2n) is 6.51. The van der Waals surface area contributed by atoms with Gasteiger partial charge in [-0.25, -0.2) is 0 Å². The third-order valence-corrected chi connectivity index (χ3v) is 4.47. The molecule has 0 spiro atoms. The molecule has 2 aliphatic heterocycles. The van der Waals surface area contributed by atoms with Gasteiger partial charge in [-0.2, -0.15) is 0 Å². The summed E-state index contributed by atoms with van der Waals surface area (Å²) >= 11 is 0. The van der Waals surface area contributed by atoms with Crippen LogP contribution in [0.3, 0.4) is 0 Å². The number of nitrogens with one attached hydrogen (secondary N) is 1. The lowest BCUT2D eigenvalue weighted by molar-refractivity contribution is -0.983. The second-order valence-corrected chi connectivity index (χ2v) is 6.51. The molecule has 2 rings (SSSR count). The van der Waals surface area contributed by atoms with Crippen molar-refractivity contribution in [3.8, 4) is 0 Å². The quantitative estimate of drug-likeness (QED) is 0.655. The van der Waals surface area contributed by atoms with Crippen LogP contribution in [0, 0.1) is 5.92 Å². The minimum absolute atomic E-state index is 0.151. The molecule has 0 aromatic rings. The lowest BCUT2D eigenvalue weighted by atomic mass is 9.72. The van der Waals surface area contributed by atoms with Gasteiger partial charge in [-0.15, -0.1) is 0 Å². The van der Waals surface area contributed by atoms with Crippen molar-refractivity contribution in [3.05, 3.63) is 0 Å². The standard InChI is InChI=1S/C13H20N3O/c1-12(2)6-9(7-13(3,4)16(12)5)10-11(17)15-8-14-10/h9H,6-7H2,1-5H3/q-1/p+1. The van der Waals surface area contributed by atoms with Gasteiger partial charge >= 0.3 is 0 Å². The molecule has 0 bridgehead atoms. The van der Waals surface area contributed by atoms with Crippen molar-refractivity contribution in [2.45, 2.75) is 51.6 Å². The van der Waals surface area contributed by atoms with Gasteiger partial charge in [0.05, 0.1) is 18.1 Å². The Morgan fingerprint density at radius 2 is 1.76 bits per heavy atom. The number of hydrogen-bond donors (Lipinski definition) is 1. The van der Waals surface area contributed by atoms with Crippen LogP contribution in [0.2, 0.25) is 0 Å². The number of rotatable bonds is 1. The Labute approximate surface area is 103 Å². The van der Waals surface area contributed by atoms with Gasteiger partial charge in [0.15, 0.2) is 0 Å². The number of carbonyl (C=O) groups excluding carboxylic acids is 1. The van der Waals surface area contributed by atoms with Crippen LogP contribution in [0.1, 0.15) is 40.5 Å². The number of carbonyl (C=O) groups is 1. The van der Waals surface area contributed by atoms with Gasteiger partial charge in [-0.05, 0) is 52.2 Å². The SMILES string of the molecule is C[NH+]1C(C)(C)CC(C2=N[C-]=NC2=O)CC1(C)C. The molecule has 0 unspecified atom stereocenters. The monoisotopic (exact) mass is 235 g/mol. The first-order chi connectivity index (χ1) is 7.74.